The van der Waals surface area contributed by atoms with E-state index in [9.17, 15) is 4.39 Å². The summed E-state index contributed by atoms with van der Waals surface area (Å²) in [7, 11) is 0. The third kappa shape index (κ3) is 1.40. The second-order valence-corrected chi connectivity index (χ2v) is 2.81. The molecular formula is C9H9FN2O. The van der Waals surface area contributed by atoms with E-state index in [-0.39, 0.29) is 0 Å². The SMILES string of the molecule is Cc1c(C2=CCON2)ccnc1F. The number of rotatable bonds is 1. The van der Waals surface area contributed by atoms with Crippen LogP contribution in [0, 0.1) is 12.9 Å². The summed E-state index contributed by atoms with van der Waals surface area (Å²) in [5.74, 6) is -0.438. The molecule has 0 bridgehead atoms. The van der Waals surface area contributed by atoms with Crippen LogP contribution in [0.25, 0.3) is 5.70 Å². The molecule has 4 heteroatoms. The lowest BCUT2D eigenvalue weighted by Crippen LogP contribution is -2.07. The maximum Gasteiger partial charge on any atom is 0.216 e. The summed E-state index contributed by atoms with van der Waals surface area (Å²) >= 11 is 0. The van der Waals surface area contributed by atoms with Gasteiger partial charge in [-0.05, 0) is 19.1 Å². The number of nitrogens with one attached hydrogen (secondary N) is 1. The zero-order valence-electron chi connectivity index (χ0n) is 7.17. The van der Waals surface area contributed by atoms with Gasteiger partial charge in [-0.25, -0.2) is 4.98 Å². The molecule has 1 aromatic rings. The van der Waals surface area contributed by atoms with E-state index in [4.69, 9.17) is 4.84 Å². The molecule has 1 N–H and O–H groups in total. The Morgan fingerprint density at radius 1 is 1.62 bits per heavy atom. The van der Waals surface area contributed by atoms with Crippen molar-refractivity contribution in [3.63, 3.8) is 0 Å². The zero-order valence-corrected chi connectivity index (χ0v) is 7.17. The van der Waals surface area contributed by atoms with Gasteiger partial charge in [0, 0.05) is 17.3 Å². The molecule has 0 fully saturated rings. The van der Waals surface area contributed by atoms with E-state index in [1.807, 2.05) is 6.08 Å². The van der Waals surface area contributed by atoms with Crippen molar-refractivity contribution in [2.24, 2.45) is 0 Å². The van der Waals surface area contributed by atoms with E-state index in [1.54, 1.807) is 13.0 Å². The Morgan fingerprint density at radius 3 is 3.15 bits per heavy atom. The molecule has 0 amide bonds. The monoisotopic (exact) mass is 180 g/mol. The number of hydrogen-bond acceptors (Lipinski definition) is 3. The highest BCUT2D eigenvalue weighted by atomic mass is 19.1. The Labute approximate surface area is 75.2 Å². The van der Waals surface area contributed by atoms with Crippen LogP contribution in [0.4, 0.5) is 4.39 Å². The molecule has 0 atom stereocenters. The summed E-state index contributed by atoms with van der Waals surface area (Å²) < 4.78 is 13.0. The molecule has 0 saturated heterocycles. The van der Waals surface area contributed by atoms with E-state index >= 15 is 0 Å². The lowest BCUT2D eigenvalue weighted by molar-refractivity contribution is 0.121. The van der Waals surface area contributed by atoms with E-state index in [0.717, 1.165) is 11.3 Å². The van der Waals surface area contributed by atoms with Gasteiger partial charge >= 0.3 is 0 Å². The van der Waals surface area contributed by atoms with E-state index in [2.05, 4.69) is 10.5 Å². The zero-order chi connectivity index (χ0) is 9.26. The molecule has 0 radical (unpaired) electrons. The lowest BCUT2D eigenvalue weighted by atomic mass is 10.1. The van der Waals surface area contributed by atoms with Crippen molar-refractivity contribution >= 4 is 5.70 Å². The molecule has 68 valence electrons. The predicted octanol–water partition coefficient (Wildman–Crippen LogP) is 1.40. The number of hydrogen-bond donors (Lipinski definition) is 1. The maximum atomic E-state index is 13.0. The third-order valence-electron chi connectivity index (χ3n) is 1.99. The van der Waals surface area contributed by atoms with Gasteiger partial charge in [0.05, 0.1) is 12.3 Å². The number of halogens is 1. The summed E-state index contributed by atoms with van der Waals surface area (Å²) in [6, 6.07) is 1.76. The Bertz CT molecular complexity index is 363. The fourth-order valence-electron chi connectivity index (χ4n) is 1.25. The Morgan fingerprint density at radius 2 is 2.46 bits per heavy atom. The molecule has 1 aliphatic rings. The molecular weight excluding hydrogens is 171 g/mol. The Kier molecular flexibility index (Phi) is 1.98. The Balaban J connectivity index is 2.45. The van der Waals surface area contributed by atoms with Crippen LogP contribution in [-0.4, -0.2) is 11.6 Å². The minimum absolute atomic E-state index is 0.438. The van der Waals surface area contributed by atoms with Crippen molar-refractivity contribution in [1.29, 1.82) is 0 Å². The van der Waals surface area contributed by atoms with Gasteiger partial charge < -0.3 is 0 Å². The summed E-state index contributed by atoms with van der Waals surface area (Å²) in [4.78, 5) is 8.47. The maximum absolute atomic E-state index is 13.0. The van der Waals surface area contributed by atoms with Crippen LogP contribution in [0.5, 0.6) is 0 Å². The lowest BCUT2D eigenvalue weighted by Gasteiger charge is -2.06. The molecule has 0 aromatic carbocycles. The normalized spacial score (nSPS) is 15.4. The average Bonchev–Trinajstić information content (AvgIpc) is 2.62. The van der Waals surface area contributed by atoms with Crippen LogP contribution in [0.1, 0.15) is 11.1 Å². The van der Waals surface area contributed by atoms with Crippen molar-refractivity contribution in [1.82, 2.24) is 10.5 Å². The van der Waals surface area contributed by atoms with Crippen LogP contribution in [0.3, 0.4) is 0 Å². The second kappa shape index (κ2) is 3.14. The number of nitrogens with zero attached hydrogens (tertiary/aromatic N) is 1. The summed E-state index contributed by atoms with van der Waals surface area (Å²) in [6.45, 7) is 2.21. The van der Waals surface area contributed by atoms with Crippen molar-refractivity contribution in [3.8, 4) is 0 Å². The van der Waals surface area contributed by atoms with Gasteiger partial charge in [-0.2, -0.15) is 4.39 Å². The largest absolute Gasteiger partial charge is 0.272 e. The van der Waals surface area contributed by atoms with Crippen LogP contribution < -0.4 is 5.48 Å². The van der Waals surface area contributed by atoms with Crippen LogP contribution >= 0.6 is 0 Å². The summed E-state index contributed by atoms with van der Waals surface area (Å²) in [5, 5.41) is 0. The second-order valence-electron chi connectivity index (χ2n) is 2.81. The van der Waals surface area contributed by atoms with Gasteiger partial charge in [-0.1, -0.05) is 0 Å². The highest BCUT2D eigenvalue weighted by molar-refractivity contribution is 5.66. The van der Waals surface area contributed by atoms with Gasteiger partial charge in [0.15, 0.2) is 0 Å². The van der Waals surface area contributed by atoms with Crippen LogP contribution in [0.15, 0.2) is 18.3 Å². The molecule has 0 aliphatic carbocycles. The minimum atomic E-state index is -0.438. The first-order chi connectivity index (χ1) is 6.29. The average molecular weight is 180 g/mol. The van der Waals surface area contributed by atoms with Gasteiger partial charge in [-0.15, -0.1) is 0 Å². The number of pyridine rings is 1. The quantitative estimate of drug-likeness (QED) is 0.663. The van der Waals surface area contributed by atoms with Gasteiger partial charge in [0.2, 0.25) is 5.95 Å². The fraction of sp³-hybridized carbons (Fsp3) is 0.222. The minimum Gasteiger partial charge on any atom is -0.272 e. The van der Waals surface area contributed by atoms with Crippen molar-refractivity contribution in [3.05, 3.63) is 35.4 Å². The molecule has 0 unspecified atom stereocenters. The highest BCUT2D eigenvalue weighted by Crippen LogP contribution is 2.19. The molecule has 0 spiro atoms. The molecule has 2 heterocycles. The smallest absolute Gasteiger partial charge is 0.216 e. The summed E-state index contributed by atoms with van der Waals surface area (Å²) in [5.41, 5.74) is 4.84. The van der Waals surface area contributed by atoms with Gasteiger partial charge in [0.1, 0.15) is 0 Å². The fourth-order valence-corrected chi connectivity index (χ4v) is 1.25. The summed E-state index contributed by atoms with van der Waals surface area (Å²) in [6.07, 6.45) is 3.31. The first-order valence-electron chi connectivity index (χ1n) is 3.98. The van der Waals surface area contributed by atoms with E-state index in [0.29, 0.717) is 12.2 Å². The number of hydroxylamine groups is 1. The van der Waals surface area contributed by atoms with Crippen molar-refractivity contribution in [2.75, 3.05) is 6.61 Å². The van der Waals surface area contributed by atoms with Crippen LogP contribution in [-0.2, 0) is 4.84 Å². The predicted molar refractivity (Wildman–Crippen MR) is 46.0 cm³/mol. The Hall–Kier alpha value is -1.42. The highest BCUT2D eigenvalue weighted by Gasteiger charge is 2.11. The first kappa shape index (κ1) is 8.19. The molecule has 13 heavy (non-hydrogen) atoms. The van der Waals surface area contributed by atoms with E-state index in [1.165, 1.54) is 6.20 Å². The molecule has 2 rings (SSSR count). The topological polar surface area (TPSA) is 34.1 Å². The van der Waals surface area contributed by atoms with Crippen molar-refractivity contribution in [2.45, 2.75) is 6.92 Å². The van der Waals surface area contributed by atoms with Gasteiger partial charge in [-0.3, -0.25) is 10.3 Å². The molecule has 3 nitrogen and oxygen atoms in total. The van der Waals surface area contributed by atoms with Crippen molar-refractivity contribution < 1.29 is 9.23 Å². The molecule has 0 saturated carbocycles. The molecule has 1 aliphatic heterocycles. The van der Waals surface area contributed by atoms with Crippen LogP contribution in [0.2, 0.25) is 0 Å². The third-order valence-corrected chi connectivity index (χ3v) is 1.99. The van der Waals surface area contributed by atoms with Gasteiger partial charge in [0.25, 0.3) is 0 Å². The standard InChI is InChI=1S/C9H9FN2O/c1-6-7(2-4-11-9(6)10)8-3-5-13-12-8/h2-4,12H,5H2,1H3. The number of aromatic nitrogens is 1. The molecule has 1 aromatic heterocycles. The van der Waals surface area contributed by atoms with E-state index < -0.39 is 5.95 Å². The first-order valence-corrected chi connectivity index (χ1v) is 3.98.